The Hall–Kier alpha value is -0.200. The molecule has 0 amide bonds. The molecule has 0 spiro atoms. The second kappa shape index (κ2) is 5.84. The van der Waals surface area contributed by atoms with Gasteiger partial charge in [-0.25, -0.2) is 0 Å². The van der Waals surface area contributed by atoms with Gasteiger partial charge >= 0.3 is 0 Å². The fraction of sp³-hybridized carbons (Fsp3) is 0.833. The Morgan fingerprint density at radius 1 is 1.33 bits per heavy atom. The lowest BCUT2D eigenvalue weighted by atomic mass is 10.00. The fourth-order valence-electron chi connectivity index (χ4n) is 2.51. The van der Waals surface area contributed by atoms with Crippen molar-refractivity contribution in [1.82, 2.24) is 15.5 Å². The van der Waals surface area contributed by atoms with Crippen molar-refractivity contribution in [3.05, 3.63) is 11.7 Å². The first-order valence-electron chi connectivity index (χ1n) is 6.62. The second-order valence-electron chi connectivity index (χ2n) is 4.90. The van der Waals surface area contributed by atoms with Crippen LogP contribution in [0.5, 0.6) is 0 Å². The molecule has 3 unspecified atom stereocenters. The largest absolute Gasteiger partial charge is 0.339 e. The Balaban J connectivity index is 1.71. The highest BCUT2D eigenvalue weighted by atomic mass is 32.2. The zero-order chi connectivity index (χ0) is 12.4. The predicted octanol–water partition coefficient (Wildman–Crippen LogP) is 2.45. The lowest BCUT2D eigenvalue weighted by molar-refractivity contribution is 0.320. The molecule has 1 aromatic heterocycles. The van der Waals surface area contributed by atoms with Gasteiger partial charge in [-0.2, -0.15) is 16.7 Å². The minimum atomic E-state index is 0.401. The van der Waals surface area contributed by atoms with Gasteiger partial charge in [0.05, 0.1) is 11.2 Å². The Labute approximate surface area is 116 Å². The summed E-state index contributed by atoms with van der Waals surface area (Å²) in [6, 6.07) is 0. The number of hydrogen-bond donors (Lipinski definition) is 1. The van der Waals surface area contributed by atoms with Crippen LogP contribution in [-0.2, 0) is 0 Å². The average molecular weight is 285 g/mol. The first-order chi connectivity index (χ1) is 8.84. The van der Waals surface area contributed by atoms with Crippen molar-refractivity contribution in [3.8, 4) is 0 Å². The summed E-state index contributed by atoms with van der Waals surface area (Å²) in [5.41, 5.74) is 0. The Kier molecular flexibility index (Phi) is 4.16. The van der Waals surface area contributed by atoms with Gasteiger partial charge in [-0.15, -0.1) is 11.8 Å². The summed E-state index contributed by atoms with van der Waals surface area (Å²) in [4.78, 5) is 4.66. The minimum Gasteiger partial charge on any atom is -0.339 e. The molecule has 0 saturated carbocycles. The monoisotopic (exact) mass is 285 g/mol. The highest BCUT2D eigenvalue weighted by Crippen LogP contribution is 2.41. The van der Waals surface area contributed by atoms with E-state index in [0.29, 0.717) is 16.4 Å². The van der Waals surface area contributed by atoms with Crippen LogP contribution in [0, 0.1) is 0 Å². The molecule has 1 N–H and O–H groups in total. The van der Waals surface area contributed by atoms with Crippen molar-refractivity contribution in [2.45, 2.75) is 36.2 Å². The van der Waals surface area contributed by atoms with Gasteiger partial charge < -0.3 is 9.84 Å². The Morgan fingerprint density at radius 3 is 3.00 bits per heavy atom. The van der Waals surface area contributed by atoms with E-state index < -0.39 is 0 Å². The smallest absolute Gasteiger partial charge is 0.231 e. The molecular weight excluding hydrogens is 266 g/mol. The molecule has 2 aliphatic rings. The summed E-state index contributed by atoms with van der Waals surface area (Å²) < 4.78 is 5.48. The zero-order valence-electron chi connectivity index (χ0n) is 10.6. The molecule has 2 saturated heterocycles. The molecule has 0 aromatic carbocycles. The van der Waals surface area contributed by atoms with Crippen LogP contribution in [0.2, 0.25) is 0 Å². The average Bonchev–Trinajstić information content (AvgIpc) is 2.90. The van der Waals surface area contributed by atoms with Crippen LogP contribution in [0.1, 0.15) is 42.6 Å². The standard InChI is InChI=1S/C12H19N3OS2/c1-8-10(18-6-5-17-8)11-14-12(16-15-11)9-3-2-4-13-7-9/h8-10,13H,2-7H2,1H3. The number of nitrogens with one attached hydrogen (secondary N) is 1. The van der Waals surface area contributed by atoms with Crippen LogP contribution in [0.25, 0.3) is 0 Å². The SMILES string of the molecule is CC1SCCSC1c1noc(C2CCCNC2)n1. The van der Waals surface area contributed by atoms with Gasteiger partial charge in [-0.05, 0) is 19.4 Å². The molecule has 2 aliphatic heterocycles. The lowest BCUT2D eigenvalue weighted by Crippen LogP contribution is -2.28. The number of nitrogens with zero attached hydrogens (tertiary/aromatic N) is 2. The molecular formula is C12H19N3OS2. The molecule has 18 heavy (non-hydrogen) atoms. The quantitative estimate of drug-likeness (QED) is 0.901. The van der Waals surface area contributed by atoms with E-state index >= 15 is 0 Å². The van der Waals surface area contributed by atoms with E-state index in [1.165, 1.54) is 17.9 Å². The van der Waals surface area contributed by atoms with Crippen LogP contribution in [0.3, 0.4) is 0 Å². The molecule has 3 rings (SSSR count). The van der Waals surface area contributed by atoms with Crippen molar-refractivity contribution in [1.29, 1.82) is 0 Å². The maximum atomic E-state index is 5.48. The van der Waals surface area contributed by atoms with Gasteiger partial charge in [0.15, 0.2) is 5.82 Å². The molecule has 0 radical (unpaired) electrons. The number of piperidine rings is 1. The second-order valence-corrected chi connectivity index (χ2v) is 7.64. The number of rotatable bonds is 2. The normalized spacial score (nSPS) is 33.5. The van der Waals surface area contributed by atoms with Gasteiger partial charge in [0, 0.05) is 23.3 Å². The van der Waals surface area contributed by atoms with E-state index in [0.717, 1.165) is 31.2 Å². The van der Waals surface area contributed by atoms with Gasteiger partial charge in [-0.1, -0.05) is 12.1 Å². The van der Waals surface area contributed by atoms with Gasteiger partial charge in [0.2, 0.25) is 5.89 Å². The fourth-order valence-corrected chi connectivity index (χ4v) is 5.19. The molecule has 1 aromatic rings. The lowest BCUT2D eigenvalue weighted by Gasteiger charge is -2.25. The van der Waals surface area contributed by atoms with Gasteiger partial charge in [0.25, 0.3) is 0 Å². The summed E-state index contributed by atoms with van der Waals surface area (Å²) >= 11 is 3.97. The minimum absolute atomic E-state index is 0.401. The summed E-state index contributed by atoms with van der Waals surface area (Å²) in [6.07, 6.45) is 2.36. The van der Waals surface area contributed by atoms with Crippen LogP contribution in [-0.4, -0.2) is 40.0 Å². The molecule has 0 bridgehead atoms. The third-order valence-electron chi connectivity index (χ3n) is 3.55. The Bertz CT molecular complexity index is 392. The first-order valence-corrected chi connectivity index (χ1v) is 8.72. The van der Waals surface area contributed by atoms with E-state index in [4.69, 9.17) is 4.52 Å². The summed E-state index contributed by atoms with van der Waals surface area (Å²) in [7, 11) is 0. The summed E-state index contributed by atoms with van der Waals surface area (Å²) in [5, 5.41) is 8.59. The maximum Gasteiger partial charge on any atom is 0.231 e. The molecule has 2 fully saturated rings. The van der Waals surface area contributed by atoms with Crippen LogP contribution in [0.4, 0.5) is 0 Å². The summed E-state index contributed by atoms with van der Waals surface area (Å²) in [5.74, 6) is 4.58. The third kappa shape index (κ3) is 2.70. The molecule has 4 nitrogen and oxygen atoms in total. The number of aromatic nitrogens is 2. The Morgan fingerprint density at radius 2 is 2.22 bits per heavy atom. The van der Waals surface area contributed by atoms with Gasteiger partial charge in [-0.3, -0.25) is 0 Å². The van der Waals surface area contributed by atoms with Crippen molar-refractivity contribution >= 4 is 23.5 Å². The van der Waals surface area contributed by atoms with E-state index in [-0.39, 0.29) is 0 Å². The third-order valence-corrected chi connectivity index (χ3v) is 6.63. The van der Waals surface area contributed by atoms with E-state index in [1.807, 2.05) is 23.5 Å². The molecule has 100 valence electrons. The maximum absolute atomic E-state index is 5.48. The van der Waals surface area contributed by atoms with E-state index in [1.54, 1.807) is 0 Å². The van der Waals surface area contributed by atoms with E-state index in [9.17, 15) is 0 Å². The zero-order valence-corrected chi connectivity index (χ0v) is 12.2. The van der Waals surface area contributed by atoms with Gasteiger partial charge in [0.1, 0.15) is 0 Å². The molecule has 0 aliphatic carbocycles. The topological polar surface area (TPSA) is 51.0 Å². The molecule has 3 atom stereocenters. The first kappa shape index (κ1) is 12.8. The van der Waals surface area contributed by atoms with Crippen LogP contribution < -0.4 is 5.32 Å². The highest BCUT2D eigenvalue weighted by molar-refractivity contribution is 8.06. The number of hydrogen-bond acceptors (Lipinski definition) is 6. The van der Waals surface area contributed by atoms with E-state index in [2.05, 4.69) is 22.4 Å². The highest BCUT2D eigenvalue weighted by Gasteiger charge is 2.30. The van der Waals surface area contributed by atoms with Crippen LogP contribution in [0.15, 0.2) is 4.52 Å². The van der Waals surface area contributed by atoms with Crippen molar-refractivity contribution in [2.24, 2.45) is 0 Å². The van der Waals surface area contributed by atoms with Crippen molar-refractivity contribution in [2.75, 3.05) is 24.6 Å². The van der Waals surface area contributed by atoms with Crippen LogP contribution >= 0.6 is 23.5 Å². The molecule has 6 heteroatoms. The van der Waals surface area contributed by atoms with Crippen molar-refractivity contribution < 1.29 is 4.52 Å². The number of thioether (sulfide) groups is 2. The predicted molar refractivity (Wildman–Crippen MR) is 76.3 cm³/mol. The van der Waals surface area contributed by atoms with Crippen molar-refractivity contribution in [3.63, 3.8) is 0 Å². The summed E-state index contributed by atoms with van der Waals surface area (Å²) in [6.45, 7) is 4.35. The molecule has 3 heterocycles.